The third-order valence-corrected chi connectivity index (χ3v) is 5.43. The number of aliphatic hydroxyl groups excluding tert-OH is 1. The zero-order valence-corrected chi connectivity index (χ0v) is 14.9. The SMILES string of the molecule is CC1(C)[C@H](Cc2cc(CCO)on2)C[C@@H]1NC(=O)Cc1ccccc1. The molecule has 2 N–H and O–H groups in total. The molecule has 2 aromatic rings. The van der Waals surface area contributed by atoms with Gasteiger partial charge in [0, 0.05) is 18.5 Å². The van der Waals surface area contributed by atoms with E-state index in [0.717, 1.165) is 29.9 Å². The minimum Gasteiger partial charge on any atom is -0.396 e. The van der Waals surface area contributed by atoms with Gasteiger partial charge in [0.2, 0.25) is 5.91 Å². The molecule has 0 unspecified atom stereocenters. The maximum atomic E-state index is 12.3. The molecule has 1 aromatic heterocycles. The molecule has 1 aliphatic carbocycles. The topological polar surface area (TPSA) is 75.4 Å². The molecular formula is C20H26N2O3. The van der Waals surface area contributed by atoms with E-state index in [1.807, 2.05) is 36.4 Å². The molecule has 1 amide bonds. The molecule has 1 saturated carbocycles. The maximum Gasteiger partial charge on any atom is 0.224 e. The number of carbonyl (C=O) groups excluding carboxylic acids is 1. The van der Waals surface area contributed by atoms with Gasteiger partial charge in [-0.2, -0.15) is 0 Å². The zero-order valence-electron chi connectivity index (χ0n) is 14.9. The fourth-order valence-electron chi connectivity index (χ4n) is 3.57. The Morgan fingerprint density at radius 2 is 2.12 bits per heavy atom. The molecule has 0 radical (unpaired) electrons. The summed E-state index contributed by atoms with van der Waals surface area (Å²) < 4.78 is 5.22. The Morgan fingerprint density at radius 1 is 1.36 bits per heavy atom. The normalized spacial score (nSPS) is 21.6. The number of nitrogens with one attached hydrogen (secondary N) is 1. The lowest BCUT2D eigenvalue weighted by Crippen LogP contribution is -2.59. The van der Waals surface area contributed by atoms with Crippen LogP contribution in [0.15, 0.2) is 40.9 Å². The summed E-state index contributed by atoms with van der Waals surface area (Å²) in [6, 6.07) is 11.9. The summed E-state index contributed by atoms with van der Waals surface area (Å²) in [5, 5.41) is 16.2. The average molecular weight is 342 g/mol. The van der Waals surface area contributed by atoms with Gasteiger partial charge in [0.25, 0.3) is 0 Å². The van der Waals surface area contributed by atoms with Crippen molar-refractivity contribution < 1.29 is 14.4 Å². The van der Waals surface area contributed by atoms with E-state index in [1.54, 1.807) is 0 Å². The summed E-state index contributed by atoms with van der Waals surface area (Å²) in [6.45, 7) is 4.46. The van der Waals surface area contributed by atoms with Gasteiger partial charge in [0.1, 0.15) is 5.76 Å². The largest absolute Gasteiger partial charge is 0.396 e. The highest BCUT2D eigenvalue weighted by Crippen LogP contribution is 2.47. The lowest BCUT2D eigenvalue weighted by Gasteiger charge is -2.52. The molecule has 25 heavy (non-hydrogen) atoms. The molecule has 0 saturated heterocycles. The number of aliphatic hydroxyl groups is 1. The smallest absolute Gasteiger partial charge is 0.224 e. The zero-order chi connectivity index (χ0) is 17.9. The van der Waals surface area contributed by atoms with E-state index in [0.29, 0.717) is 18.8 Å². The molecule has 0 aliphatic heterocycles. The average Bonchev–Trinajstić information content (AvgIpc) is 3.02. The van der Waals surface area contributed by atoms with Crippen LogP contribution in [-0.4, -0.2) is 28.8 Å². The Hall–Kier alpha value is -2.14. The minimum atomic E-state index is 0.0302. The van der Waals surface area contributed by atoms with E-state index in [4.69, 9.17) is 9.63 Å². The molecule has 3 rings (SSSR count). The molecular weight excluding hydrogens is 316 g/mol. The van der Waals surface area contributed by atoms with Gasteiger partial charge in [-0.05, 0) is 29.7 Å². The second-order valence-electron chi connectivity index (χ2n) is 7.50. The van der Waals surface area contributed by atoms with Gasteiger partial charge in [-0.15, -0.1) is 0 Å². The van der Waals surface area contributed by atoms with Crippen LogP contribution in [0.3, 0.4) is 0 Å². The number of amides is 1. The van der Waals surface area contributed by atoms with Gasteiger partial charge >= 0.3 is 0 Å². The van der Waals surface area contributed by atoms with Gasteiger partial charge in [0.15, 0.2) is 0 Å². The summed E-state index contributed by atoms with van der Waals surface area (Å²) in [5.41, 5.74) is 1.99. The monoisotopic (exact) mass is 342 g/mol. The number of aromatic nitrogens is 1. The molecule has 1 fully saturated rings. The molecule has 1 aliphatic rings. The van der Waals surface area contributed by atoms with E-state index in [-0.39, 0.29) is 24.0 Å². The van der Waals surface area contributed by atoms with E-state index in [2.05, 4.69) is 24.3 Å². The lowest BCUT2D eigenvalue weighted by molar-refractivity contribution is -0.124. The fourth-order valence-corrected chi connectivity index (χ4v) is 3.57. The van der Waals surface area contributed by atoms with E-state index < -0.39 is 0 Å². The van der Waals surface area contributed by atoms with E-state index >= 15 is 0 Å². The summed E-state index contributed by atoms with van der Waals surface area (Å²) in [7, 11) is 0. The van der Waals surface area contributed by atoms with Crippen LogP contribution in [0.2, 0.25) is 0 Å². The van der Waals surface area contributed by atoms with Crippen LogP contribution >= 0.6 is 0 Å². The lowest BCUT2D eigenvalue weighted by atomic mass is 9.57. The van der Waals surface area contributed by atoms with Gasteiger partial charge in [-0.25, -0.2) is 0 Å². The predicted octanol–water partition coefficient (Wildman–Crippen LogP) is 2.53. The maximum absolute atomic E-state index is 12.3. The van der Waals surface area contributed by atoms with Gasteiger partial charge in [0.05, 0.1) is 18.7 Å². The van der Waals surface area contributed by atoms with Gasteiger partial charge < -0.3 is 14.9 Å². The molecule has 1 aromatic carbocycles. The Balaban J connectivity index is 1.51. The first-order valence-corrected chi connectivity index (χ1v) is 8.87. The molecule has 0 bridgehead atoms. The number of benzene rings is 1. The van der Waals surface area contributed by atoms with Crippen LogP contribution in [0, 0.1) is 11.3 Å². The number of carbonyl (C=O) groups is 1. The second kappa shape index (κ2) is 7.40. The minimum absolute atomic E-state index is 0.0302. The van der Waals surface area contributed by atoms with E-state index in [9.17, 15) is 4.79 Å². The first kappa shape index (κ1) is 17.7. The summed E-state index contributed by atoms with van der Waals surface area (Å²) in [6.07, 6.45) is 2.72. The highest BCUT2D eigenvalue weighted by atomic mass is 16.5. The third-order valence-electron chi connectivity index (χ3n) is 5.43. The number of rotatable bonds is 7. The second-order valence-corrected chi connectivity index (χ2v) is 7.50. The highest BCUT2D eigenvalue weighted by Gasteiger charge is 2.48. The van der Waals surface area contributed by atoms with Crippen molar-refractivity contribution in [3.05, 3.63) is 53.4 Å². The van der Waals surface area contributed by atoms with Crippen molar-refractivity contribution in [2.24, 2.45) is 11.3 Å². The van der Waals surface area contributed by atoms with Crippen molar-refractivity contribution in [3.63, 3.8) is 0 Å². The van der Waals surface area contributed by atoms with E-state index in [1.165, 1.54) is 0 Å². The predicted molar refractivity (Wildman–Crippen MR) is 95.0 cm³/mol. The molecule has 5 heteroatoms. The van der Waals surface area contributed by atoms with Crippen molar-refractivity contribution in [3.8, 4) is 0 Å². The van der Waals surface area contributed by atoms with Crippen molar-refractivity contribution in [1.29, 1.82) is 0 Å². The Kier molecular flexibility index (Phi) is 5.23. The van der Waals surface area contributed by atoms with Crippen molar-refractivity contribution in [1.82, 2.24) is 10.5 Å². The first-order valence-electron chi connectivity index (χ1n) is 8.87. The Labute approximate surface area is 148 Å². The van der Waals surface area contributed by atoms with Crippen LogP contribution in [0.25, 0.3) is 0 Å². The van der Waals surface area contributed by atoms with Crippen LogP contribution in [-0.2, 0) is 24.1 Å². The molecule has 1 heterocycles. The number of hydrogen-bond acceptors (Lipinski definition) is 4. The molecule has 134 valence electrons. The highest BCUT2D eigenvalue weighted by molar-refractivity contribution is 5.79. The molecule has 5 nitrogen and oxygen atoms in total. The number of hydrogen-bond donors (Lipinski definition) is 2. The standard InChI is InChI=1S/C20H26N2O3/c1-20(2)15(11-16-13-17(8-9-23)25-22-16)12-18(20)21-19(24)10-14-6-4-3-5-7-14/h3-7,13,15,18,23H,8-12H2,1-2H3,(H,21,24)/t15-,18+/m1/s1. The summed E-state index contributed by atoms with van der Waals surface area (Å²) >= 11 is 0. The van der Waals surface area contributed by atoms with Crippen molar-refractivity contribution in [2.45, 2.75) is 45.6 Å². The van der Waals surface area contributed by atoms with Crippen LogP contribution < -0.4 is 5.32 Å². The van der Waals surface area contributed by atoms with Gasteiger partial charge in [-0.3, -0.25) is 4.79 Å². The fraction of sp³-hybridized carbons (Fsp3) is 0.500. The molecule has 0 spiro atoms. The summed E-state index contributed by atoms with van der Waals surface area (Å²) in [4.78, 5) is 12.3. The quantitative estimate of drug-likeness (QED) is 0.811. The Morgan fingerprint density at radius 3 is 2.80 bits per heavy atom. The Bertz CT molecular complexity index is 709. The van der Waals surface area contributed by atoms with Crippen LogP contribution in [0.1, 0.15) is 37.3 Å². The first-order chi connectivity index (χ1) is 12.0. The van der Waals surface area contributed by atoms with Gasteiger partial charge in [-0.1, -0.05) is 49.3 Å². The van der Waals surface area contributed by atoms with Crippen LogP contribution in [0.4, 0.5) is 0 Å². The van der Waals surface area contributed by atoms with Crippen molar-refractivity contribution in [2.75, 3.05) is 6.61 Å². The molecule has 2 atom stereocenters. The summed E-state index contributed by atoms with van der Waals surface area (Å²) in [5.74, 6) is 1.26. The third kappa shape index (κ3) is 4.10. The number of nitrogens with zero attached hydrogens (tertiary/aromatic N) is 1. The van der Waals surface area contributed by atoms with Crippen LogP contribution in [0.5, 0.6) is 0 Å². The van der Waals surface area contributed by atoms with Crippen molar-refractivity contribution >= 4 is 5.91 Å².